The van der Waals surface area contributed by atoms with Crippen LogP contribution in [0.3, 0.4) is 0 Å². The van der Waals surface area contributed by atoms with Crippen molar-refractivity contribution in [1.82, 2.24) is 9.97 Å². The Morgan fingerprint density at radius 2 is 2.36 bits per heavy atom. The first-order valence-corrected chi connectivity index (χ1v) is 4.75. The number of aromatic nitrogens is 2. The molecule has 2 heterocycles. The van der Waals surface area contributed by atoms with Crippen LogP contribution in [0.4, 0.5) is 0 Å². The van der Waals surface area contributed by atoms with Crippen molar-refractivity contribution in [1.29, 1.82) is 0 Å². The van der Waals surface area contributed by atoms with Gasteiger partial charge in [0.2, 0.25) is 0 Å². The second kappa shape index (κ2) is 2.53. The molecule has 0 saturated carbocycles. The maximum Gasteiger partial charge on any atom is 0.171 e. The van der Waals surface area contributed by atoms with E-state index in [1.807, 2.05) is 13.1 Å². The highest BCUT2D eigenvalue weighted by Gasteiger charge is 2.00. The van der Waals surface area contributed by atoms with Crippen LogP contribution in [0.1, 0.15) is 5.56 Å². The van der Waals surface area contributed by atoms with Gasteiger partial charge in [0.05, 0.1) is 4.70 Å². The Morgan fingerprint density at radius 1 is 1.55 bits per heavy atom. The molecule has 0 aromatic carbocycles. The van der Waals surface area contributed by atoms with Crippen LogP contribution in [-0.4, -0.2) is 9.97 Å². The number of aryl methyl sites for hydroxylation is 1. The average Bonchev–Trinajstić information content (AvgIpc) is 2.27. The molecule has 0 aliphatic carbocycles. The van der Waals surface area contributed by atoms with Crippen LogP contribution in [-0.2, 0) is 0 Å². The van der Waals surface area contributed by atoms with E-state index in [2.05, 4.69) is 32.0 Å². The smallest absolute Gasteiger partial charge is 0.171 e. The minimum atomic E-state index is 0.826. The van der Waals surface area contributed by atoms with Gasteiger partial charge in [0, 0.05) is 6.20 Å². The zero-order valence-electron chi connectivity index (χ0n) is 5.84. The molecule has 0 aliphatic heterocycles. The summed E-state index contributed by atoms with van der Waals surface area (Å²) < 4.78 is 2.03. The van der Waals surface area contributed by atoms with Gasteiger partial charge in [-0.05, 0) is 34.5 Å². The molecular formula is C7H5BrN2S. The fraction of sp³-hybridized carbons (Fsp3) is 0.143. The molecule has 2 aromatic rings. The van der Waals surface area contributed by atoms with Crippen LogP contribution in [0.2, 0.25) is 0 Å². The van der Waals surface area contributed by atoms with E-state index in [0.29, 0.717) is 0 Å². The normalized spacial score (nSPS) is 10.7. The number of rotatable bonds is 0. The second-order valence-electron chi connectivity index (χ2n) is 2.30. The average molecular weight is 229 g/mol. The molecule has 4 heteroatoms. The number of fused-ring (bicyclic) bond motifs is 1. The molecule has 0 atom stereocenters. The summed E-state index contributed by atoms with van der Waals surface area (Å²) in [5, 5.41) is 0. The fourth-order valence-electron chi connectivity index (χ4n) is 0.891. The van der Waals surface area contributed by atoms with Crippen molar-refractivity contribution in [3.05, 3.63) is 21.7 Å². The van der Waals surface area contributed by atoms with Crippen molar-refractivity contribution in [3.8, 4) is 0 Å². The molecule has 56 valence electrons. The van der Waals surface area contributed by atoms with Gasteiger partial charge < -0.3 is 0 Å². The third-order valence-electron chi connectivity index (χ3n) is 1.36. The molecule has 2 nitrogen and oxygen atoms in total. The van der Waals surface area contributed by atoms with Crippen molar-refractivity contribution < 1.29 is 0 Å². The monoisotopic (exact) mass is 228 g/mol. The van der Waals surface area contributed by atoms with Gasteiger partial charge in [0.1, 0.15) is 0 Å². The van der Waals surface area contributed by atoms with E-state index >= 15 is 0 Å². The third-order valence-corrected chi connectivity index (χ3v) is 2.80. The summed E-state index contributed by atoms with van der Waals surface area (Å²) >= 11 is 4.93. The molecule has 0 bridgehead atoms. The van der Waals surface area contributed by atoms with Gasteiger partial charge >= 0.3 is 0 Å². The summed E-state index contributed by atoms with van der Waals surface area (Å²) in [6, 6.07) is 2.09. The minimum absolute atomic E-state index is 0.826. The Kier molecular flexibility index (Phi) is 1.65. The standard InChI is InChI=1S/C7H5BrN2S/c1-4-2-5-6(9-3-4)10-7(8)11-5/h2-3H,1H3. The first-order valence-electron chi connectivity index (χ1n) is 3.14. The van der Waals surface area contributed by atoms with E-state index in [1.165, 1.54) is 5.56 Å². The van der Waals surface area contributed by atoms with Crippen LogP contribution in [0.15, 0.2) is 16.2 Å². The fourth-order valence-corrected chi connectivity index (χ4v) is 2.33. The van der Waals surface area contributed by atoms with Gasteiger partial charge in [-0.15, -0.1) is 11.3 Å². The van der Waals surface area contributed by atoms with Crippen LogP contribution >= 0.6 is 27.3 Å². The SMILES string of the molecule is Cc1cnc2nc(Br)sc2c1. The molecule has 0 N–H and O–H groups in total. The maximum absolute atomic E-state index is 4.18. The highest BCUT2D eigenvalue weighted by atomic mass is 79.9. The Balaban J connectivity index is 2.82. The highest BCUT2D eigenvalue weighted by molar-refractivity contribution is 9.11. The largest absolute Gasteiger partial charge is 0.236 e. The number of thiazole rings is 1. The molecular weight excluding hydrogens is 224 g/mol. The molecule has 0 amide bonds. The number of nitrogens with zero attached hydrogens (tertiary/aromatic N) is 2. The predicted molar refractivity (Wildman–Crippen MR) is 49.9 cm³/mol. The summed E-state index contributed by atoms with van der Waals surface area (Å²) in [4.78, 5) is 8.35. The summed E-state index contributed by atoms with van der Waals surface area (Å²) in [7, 11) is 0. The van der Waals surface area contributed by atoms with Crippen molar-refractivity contribution in [2.24, 2.45) is 0 Å². The second-order valence-corrected chi connectivity index (χ2v) is 4.61. The quantitative estimate of drug-likeness (QED) is 0.694. The van der Waals surface area contributed by atoms with Gasteiger partial charge in [-0.3, -0.25) is 0 Å². The summed E-state index contributed by atoms with van der Waals surface area (Å²) in [6.07, 6.45) is 1.83. The summed E-state index contributed by atoms with van der Waals surface area (Å²) in [6.45, 7) is 2.03. The van der Waals surface area contributed by atoms with Crippen LogP contribution < -0.4 is 0 Å². The molecule has 11 heavy (non-hydrogen) atoms. The van der Waals surface area contributed by atoms with Crippen LogP contribution in [0.25, 0.3) is 10.3 Å². The Morgan fingerprint density at radius 3 is 3.18 bits per heavy atom. The lowest BCUT2D eigenvalue weighted by atomic mass is 10.3. The molecule has 2 aromatic heterocycles. The van der Waals surface area contributed by atoms with E-state index in [0.717, 1.165) is 14.3 Å². The zero-order chi connectivity index (χ0) is 7.84. The van der Waals surface area contributed by atoms with E-state index in [4.69, 9.17) is 0 Å². The third kappa shape index (κ3) is 1.28. The zero-order valence-corrected chi connectivity index (χ0v) is 8.24. The summed E-state index contributed by atoms with van der Waals surface area (Å²) in [5.41, 5.74) is 2.00. The van der Waals surface area contributed by atoms with E-state index in [-0.39, 0.29) is 0 Å². The van der Waals surface area contributed by atoms with Crippen molar-refractivity contribution in [2.75, 3.05) is 0 Å². The van der Waals surface area contributed by atoms with Gasteiger partial charge in [-0.2, -0.15) is 0 Å². The first kappa shape index (κ1) is 7.18. The Hall–Kier alpha value is -0.480. The van der Waals surface area contributed by atoms with Crippen molar-refractivity contribution >= 4 is 37.6 Å². The van der Waals surface area contributed by atoms with Gasteiger partial charge in [0.25, 0.3) is 0 Å². The lowest BCUT2D eigenvalue weighted by molar-refractivity contribution is 1.28. The number of hydrogen-bond acceptors (Lipinski definition) is 3. The molecule has 0 aliphatic rings. The lowest BCUT2D eigenvalue weighted by Crippen LogP contribution is -1.76. The maximum atomic E-state index is 4.18. The molecule has 0 radical (unpaired) electrons. The van der Waals surface area contributed by atoms with Crippen LogP contribution in [0, 0.1) is 6.92 Å². The minimum Gasteiger partial charge on any atom is -0.236 e. The van der Waals surface area contributed by atoms with E-state index in [1.54, 1.807) is 11.3 Å². The molecule has 0 saturated heterocycles. The molecule has 2 rings (SSSR count). The Labute approximate surface area is 76.4 Å². The van der Waals surface area contributed by atoms with Gasteiger partial charge in [-0.1, -0.05) is 0 Å². The molecule has 0 fully saturated rings. The van der Waals surface area contributed by atoms with E-state index in [9.17, 15) is 0 Å². The van der Waals surface area contributed by atoms with Gasteiger partial charge in [-0.25, -0.2) is 9.97 Å². The summed E-state index contributed by atoms with van der Waals surface area (Å²) in [5.74, 6) is 0. The number of hydrogen-bond donors (Lipinski definition) is 0. The number of pyridine rings is 1. The van der Waals surface area contributed by atoms with E-state index < -0.39 is 0 Å². The predicted octanol–water partition coefficient (Wildman–Crippen LogP) is 2.76. The lowest BCUT2D eigenvalue weighted by Gasteiger charge is -1.87. The number of halogens is 1. The van der Waals surface area contributed by atoms with Crippen molar-refractivity contribution in [3.63, 3.8) is 0 Å². The van der Waals surface area contributed by atoms with Crippen molar-refractivity contribution in [2.45, 2.75) is 6.92 Å². The van der Waals surface area contributed by atoms with Crippen LogP contribution in [0.5, 0.6) is 0 Å². The van der Waals surface area contributed by atoms with Gasteiger partial charge in [0.15, 0.2) is 9.56 Å². The first-order chi connectivity index (χ1) is 5.25. The Bertz CT molecular complexity index is 396. The molecule has 0 unspecified atom stereocenters. The highest BCUT2D eigenvalue weighted by Crippen LogP contribution is 2.24. The topological polar surface area (TPSA) is 25.8 Å². The molecule has 0 spiro atoms.